The van der Waals surface area contributed by atoms with Gasteiger partial charge in [-0.15, -0.1) is 11.8 Å². The summed E-state index contributed by atoms with van der Waals surface area (Å²) in [4.78, 5) is 5.26. The van der Waals surface area contributed by atoms with Gasteiger partial charge in [-0.05, 0) is 23.8 Å². The zero-order chi connectivity index (χ0) is 11.8. The molecule has 84 valence electrons. The van der Waals surface area contributed by atoms with Crippen LogP contribution in [0, 0.1) is 0 Å². The Morgan fingerprint density at radius 1 is 1.06 bits per heavy atom. The molecule has 2 aromatic carbocycles. The molecule has 0 spiro atoms. The fourth-order valence-electron chi connectivity index (χ4n) is 2.08. The maximum atomic E-state index is 10.3. The number of phenolic OH excluding ortho intramolecular Hbond substituents is 1. The van der Waals surface area contributed by atoms with Gasteiger partial charge in [0.25, 0.3) is 0 Å². The van der Waals surface area contributed by atoms with E-state index in [1.807, 2.05) is 42.7 Å². The topological polar surface area (TPSA) is 33.1 Å². The number of aromatic hydroxyl groups is 1. The fraction of sp³-hybridized carbons (Fsp3) is 0.0714. The van der Waals surface area contributed by atoms with Crippen molar-refractivity contribution in [2.75, 3.05) is 6.26 Å². The molecule has 0 aliphatic carbocycles. The van der Waals surface area contributed by atoms with E-state index >= 15 is 0 Å². The smallest absolute Gasteiger partial charge is 0.139 e. The number of pyridine rings is 1. The number of benzene rings is 2. The molecule has 3 heteroatoms. The molecule has 0 aliphatic heterocycles. The molecule has 0 bridgehead atoms. The minimum atomic E-state index is 0.333. The van der Waals surface area contributed by atoms with Crippen LogP contribution in [0.1, 0.15) is 0 Å². The van der Waals surface area contributed by atoms with Crippen LogP contribution in [0.25, 0.3) is 21.7 Å². The lowest BCUT2D eigenvalue weighted by atomic mass is 10.1. The maximum absolute atomic E-state index is 10.3. The van der Waals surface area contributed by atoms with E-state index in [4.69, 9.17) is 0 Å². The minimum Gasteiger partial charge on any atom is -0.506 e. The second-order valence-corrected chi connectivity index (χ2v) is 4.70. The number of hydrogen-bond donors (Lipinski definition) is 1. The van der Waals surface area contributed by atoms with E-state index in [1.165, 1.54) is 0 Å². The highest BCUT2D eigenvalue weighted by molar-refractivity contribution is 7.98. The van der Waals surface area contributed by atoms with Gasteiger partial charge in [0.1, 0.15) is 5.75 Å². The molecule has 0 unspecified atom stereocenters. The van der Waals surface area contributed by atoms with Gasteiger partial charge in [-0.3, -0.25) is 4.98 Å². The number of rotatable bonds is 1. The molecule has 1 aromatic heterocycles. The molecular weight excluding hydrogens is 230 g/mol. The van der Waals surface area contributed by atoms with E-state index in [2.05, 4.69) is 4.98 Å². The SMILES string of the molecule is CSc1ccc2ccc3cccnc3c2c1O. The molecule has 1 heterocycles. The quantitative estimate of drug-likeness (QED) is 0.519. The van der Waals surface area contributed by atoms with E-state index in [-0.39, 0.29) is 0 Å². The molecule has 0 amide bonds. The number of fused-ring (bicyclic) bond motifs is 3. The summed E-state index contributed by atoms with van der Waals surface area (Å²) in [5.74, 6) is 0.333. The van der Waals surface area contributed by atoms with Crippen LogP contribution in [-0.2, 0) is 0 Å². The normalized spacial score (nSPS) is 11.1. The molecule has 2 nitrogen and oxygen atoms in total. The van der Waals surface area contributed by atoms with Crippen molar-refractivity contribution < 1.29 is 5.11 Å². The number of nitrogens with zero attached hydrogens (tertiary/aromatic N) is 1. The summed E-state index contributed by atoms with van der Waals surface area (Å²) in [6.07, 6.45) is 3.71. The van der Waals surface area contributed by atoms with Gasteiger partial charge in [0.05, 0.1) is 10.9 Å². The first-order valence-electron chi connectivity index (χ1n) is 5.34. The first-order valence-corrected chi connectivity index (χ1v) is 6.57. The second-order valence-electron chi connectivity index (χ2n) is 3.86. The van der Waals surface area contributed by atoms with Crippen molar-refractivity contribution in [2.45, 2.75) is 4.90 Å². The van der Waals surface area contributed by atoms with Gasteiger partial charge >= 0.3 is 0 Å². The van der Waals surface area contributed by atoms with E-state index in [0.29, 0.717) is 5.75 Å². The average Bonchev–Trinajstić information content (AvgIpc) is 2.38. The minimum absolute atomic E-state index is 0.333. The number of hydrogen-bond acceptors (Lipinski definition) is 3. The van der Waals surface area contributed by atoms with E-state index < -0.39 is 0 Å². The van der Waals surface area contributed by atoms with Crippen molar-refractivity contribution in [3.8, 4) is 5.75 Å². The number of thioether (sulfide) groups is 1. The largest absolute Gasteiger partial charge is 0.506 e. The summed E-state index contributed by atoms with van der Waals surface area (Å²) in [5, 5.41) is 13.2. The molecule has 3 aromatic rings. The fourth-order valence-corrected chi connectivity index (χ4v) is 2.58. The number of phenols is 1. The molecule has 0 atom stereocenters. The van der Waals surface area contributed by atoms with Gasteiger partial charge in [0.15, 0.2) is 0 Å². The van der Waals surface area contributed by atoms with E-state index in [1.54, 1.807) is 18.0 Å². The van der Waals surface area contributed by atoms with Gasteiger partial charge in [0, 0.05) is 16.5 Å². The Kier molecular flexibility index (Phi) is 2.41. The lowest BCUT2D eigenvalue weighted by molar-refractivity contribution is 0.469. The van der Waals surface area contributed by atoms with Crippen LogP contribution in [-0.4, -0.2) is 16.3 Å². The Morgan fingerprint density at radius 3 is 2.65 bits per heavy atom. The molecule has 3 rings (SSSR count). The highest BCUT2D eigenvalue weighted by Crippen LogP contribution is 2.37. The summed E-state index contributed by atoms with van der Waals surface area (Å²) in [6, 6.07) is 11.9. The molecule has 0 saturated carbocycles. The molecule has 0 radical (unpaired) electrons. The van der Waals surface area contributed by atoms with Gasteiger partial charge in [-0.25, -0.2) is 0 Å². The third-order valence-electron chi connectivity index (χ3n) is 2.91. The van der Waals surface area contributed by atoms with Gasteiger partial charge < -0.3 is 5.11 Å². The predicted octanol–water partition coefficient (Wildman–Crippen LogP) is 3.82. The Labute approximate surface area is 103 Å². The van der Waals surface area contributed by atoms with Crippen LogP contribution >= 0.6 is 11.8 Å². The maximum Gasteiger partial charge on any atom is 0.139 e. The molecule has 0 aliphatic rings. The Bertz CT molecular complexity index is 709. The monoisotopic (exact) mass is 241 g/mol. The van der Waals surface area contributed by atoms with Crippen LogP contribution in [0.4, 0.5) is 0 Å². The lowest BCUT2D eigenvalue weighted by Crippen LogP contribution is -1.83. The van der Waals surface area contributed by atoms with Crippen molar-refractivity contribution >= 4 is 33.4 Å². The molecule has 1 N–H and O–H groups in total. The van der Waals surface area contributed by atoms with Crippen molar-refractivity contribution in [1.29, 1.82) is 0 Å². The van der Waals surface area contributed by atoms with Gasteiger partial charge in [0.2, 0.25) is 0 Å². The third-order valence-corrected chi connectivity index (χ3v) is 3.68. The van der Waals surface area contributed by atoms with Crippen LogP contribution in [0.15, 0.2) is 47.5 Å². The standard InChI is InChI=1S/C14H11NOS/c1-17-11-7-6-9-4-5-10-3-2-8-15-13(10)12(9)14(11)16/h2-8,16H,1H3. The van der Waals surface area contributed by atoms with Crippen LogP contribution < -0.4 is 0 Å². The molecule has 0 saturated heterocycles. The third kappa shape index (κ3) is 1.54. The van der Waals surface area contributed by atoms with Crippen molar-refractivity contribution in [3.63, 3.8) is 0 Å². The molecule has 0 fully saturated rings. The van der Waals surface area contributed by atoms with Gasteiger partial charge in [-0.1, -0.05) is 24.3 Å². The first kappa shape index (κ1) is 10.4. The van der Waals surface area contributed by atoms with Crippen molar-refractivity contribution in [2.24, 2.45) is 0 Å². The highest BCUT2D eigenvalue weighted by atomic mass is 32.2. The zero-order valence-electron chi connectivity index (χ0n) is 9.34. The highest BCUT2D eigenvalue weighted by Gasteiger charge is 2.09. The van der Waals surface area contributed by atoms with Crippen LogP contribution in [0.5, 0.6) is 5.75 Å². The summed E-state index contributed by atoms with van der Waals surface area (Å²) in [6.45, 7) is 0. The van der Waals surface area contributed by atoms with E-state index in [0.717, 1.165) is 26.6 Å². The zero-order valence-corrected chi connectivity index (χ0v) is 10.2. The first-order chi connectivity index (χ1) is 8.31. The summed E-state index contributed by atoms with van der Waals surface area (Å²) in [5.41, 5.74) is 0.860. The van der Waals surface area contributed by atoms with Gasteiger partial charge in [-0.2, -0.15) is 0 Å². The van der Waals surface area contributed by atoms with E-state index in [9.17, 15) is 5.11 Å². The predicted molar refractivity (Wildman–Crippen MR) is 72.7 cm³/mol. The van der Waals surface area contributed by atoms with Crippen LogP contribution in [0.3, 0.4) is 0 Å². The molecular formula is C14H11NOS. The summed E-state index contributed by atoms with van der Waals surface area (Å²) in [7, 11) is 0. The number of aromatic nitrogens is 1. The van der Waals surface area contributed by atoms with Crippen molar-refractivity contribution in [1.82, 2.24) is 4.98 Å². The van der Waals surface area contributed by atoms with Crippen LogP contribution in [0.2, 0.25) is 0 Å². The Balaban J connectivity index is 2.55. The average molecular weight is 241 g/mol. The molecule has 17 heavy (non-hydrogen) atoms. The van der Waals surface area contributed by atoms with Crippen molar-refractivity contribution in [3.05, 3.63) is 42.6 Å². The summed E-state index contributed by atoms with van der Waals surface area (Å²) >= 11 is 1.54. The Hall–Kier alpha value is -1.74. The lowest BCUT2D eigenvalue weighted by Gasteiger charge is -2.08. The Morgan fingerprint density at radius 2 is 1.82 bits per heavy atom. The summed E-state index contributed by atoms with van der Waals surface area (Å²) < 4.78 is 0. The second kappa shape index (κ2) is 3.93.